The average molecular weight is 1440 g/mol. The van der Waals surface area contributed by atoms with Crippen molar-refractivity contribution in [2.75, 3.05) is 64.0 Å². The van der Waals surface area contributed by atoms with Gasteiger partial charge in [-0.1, -0.05) is 30.3 Å². The first-order valence-electron chi connectivity index (χ1n) is 36.5. The molecule has 10 aromatic carbocycles. The molecule has 0 atom stereocenters. The van der Waals surface area contributed by atoms with Crippen molar-refractivity contribution in [1.29, 1.82) is 0 Å². The first kappa shape index (κ1) is 79.9. The molecular weight excluding hydrogens is 1330 g/mol. The number of benzene rings is 10. The number of nitrogens with zero attached hydrogens (tertiary/aromatic N) is 5. The summed E-state index contributed by atoms with van der Waals surface area (Å²) in [5, 5.41) is 0. The Morgan fingerprint density at radius 1 is 0.252 bits per heavy atom. The molecule has 3 aliphatic rings. The van der Waals surface area contributed by atoms with Gasteiger partial charge in [0.15, 0.2) is 0 Å². The largest absolute Gasteiger partial charge is 0.497 e. The molecule has 0 radical (unpaired) electrons. The van der Waals surface area contributed by atoms with E-state index in [2.05, 4.69) is 131 Å². The van der Waals surface area contributed by atoms with Crippen LogP contribution in [-0.2, 0) is 19.3 Å². The van der Waals surface area contributed by atoms with Crippen molar-refractivity contribution in [3.63, 3.8) is 0 Å². The topological polar surface area (TPSA) is 145 Å². The Morgan fingerprint density at radius 2 is 0.551 bits per heavy atom. The van der Waals surface area contributed by atoms with Crippen molar-refractivity contribution in [3.8, 4) is 51.7 Å². The molecule has 0 heterocycles. The van der Waals surface area contributed by atoms with E-state index < -0.39 is 0 Å². The SMILES string of the molecule is COc1c(C)cc(N=C2CCCc3ccccc32)cc1C.COc1ccc(C(C)=Nc2cc(C)c(OC)c(C)c2)cc1.COc1ccc(N=C(C)c2ccc(OC)cc2)cc1.COc1ccc2c(c1)C(=Nc1cc(C)c(OC)c(C)c1)CCC2.COc1ccc2c(c1)CCCC2=Nc1cc(C)c(OC)c(C)c1. The van der Waals surface area contributed by atoms with Crippen molar-refractivity contribution in [1.82, 2.24) is 0 Å². The first-order chi connectivity index (χ1) is 51.7. The molecule has 0 bridgehead atoms. The van der Waals surface area contributed by atoms with E-state index in [1.807, 2.05) is 125 Å². The van der Waals surface area contributed by atoms with Crippen LogP contribution in [0.3, 0.4) is 0 Å². The first-order valence-corrected chi connectivity index (χ1v) is 36.5. The maximum atomic E-state index is 5.44. The molecule has 0 N–H and O–H groups in total. The molecule has 0 saturated carbocycles. The van der Waals surface area contributed by atoms with Gasteiger partial charge in [0.25, 0.3) is 0 Å². The van der Waals surface area contributed by atoms with Crippen molar-refractivity contribution in [2.45, 2.75) is 127 Å². The zero-order chi connectivity index (χ0) is 76.7. The molecule has 556 valence electrons. The van der Waals surface area contributed by atoms with Gasteiger partial charge in [-0.05, 0) is 362 Å². The Balaban J connectivity index is 0.000000155. The van der Waals surface area contributed by atoms with E-state index in [4.69, 9.17) is 62.6 Å². The third kappa shape index (κ3) is 21.3. The summed E-state index contributed by atoms with van der Waals surface area (Å²) in [4.78, 5) is 24.1. The second-order valence-electron chi connectivity index (χ2n) is 26.9. The molecule has 0 spiro atoms. The lowest BCUT2D eigenvalue weighted by Crippen LogP contribution is -2.11. The summed E-state index contributed by atoms with van der Waals surface area (Å²) >= 11 is 0. The highest BCUT2D eigenvalue weighted by atomic mass is 16.5. The smallest absolute Gasteiger partial charge is 0.124 e. The van der Waals surface area contributed by atoms with Crippen molar-refractivity contribution < 1.29 is 42.6 Å². The van der Waals surface area contributed by atoms with Crippen LogP contribution in [0.1, 0.15) is 141 Å². The molecule has 0 aromatic heterocycles. The van der Waals surface area contributed by atoms with Crippen molar-refractivity contribution in [3.05, 3.63) is 271 Å². The molecule has 13 rings (SSSR count). The number of ether oxygens (including phenoxy) is 9. The molecule has 14 heteroatoms. The summed E-state index contributed by atoms with van der Waals surface area (Å²) in [6, 6.07) is 61.3. The standard InChI is InChI=1S/2C20H23NO2.C19H21NO.C18H21NO2.C16H17NO2/c1-13-10-16(11-14(2)20(13)23-4)21-19-7-5-6-15-12-17(22-3)8-9-18(15)19;1-13-10-16(11-14(2)20(13)23-4)21-19-7-5-6-15-8-9-17(22-3)12-18(15)19;1-13-11-16(12-14(2)19(13)21-3)20-18-10-6-8-15-7-4-5-9-17(15)18;1-12-10-16(11-13(2)18(12)21-5)19-14(3)15-6-8-17(20-4)9-7-15;1-12(13-4-8-15(18-2)9-5-13)17-14-6-10-16(19-3)11-7-14/h2*8-12H,5-7H2,1-4H3;4-5,7,9,11-12H,6,8,10H2,1-3H3;6-11H,1-5H3;4-11H,1-3H3. The van der Waals surface area contributed by atoms with Crippen molar-refractivity contribution in [2.24, 2.45) is 25.0 Å². The lowest BCUT2D eigenvalue weighted by molar-refractivity contribution is 0.408. The van der Waals surface area contributed by atoms with Gasteiger partial charge >= 0.3 is 0 Å². The average Bonchev–Trinajstić information content (AvgIpc) is 0.813. The van der Waals surface area contributed by atoms with Gasteiger partial charge in [0, 0.05) is 34.1 Å². The van der Waals surface area contributed by atoms with Crippen LogP contribution < -0.4 is 42.6 Å². The van der Waals surface area contributed by atoms with E-state index in [-0.39, 0.29) is 0 Å². The Labute approximate surface area is 634 Å². The minimum Gasteiger partial charge on any atom is -0.497 e. The molecule has 0 aliphatic heterocycles. The fraction of sp³-hybridized carbons (Fsp3) is 0.301. The monoisotopic (exact) mass is 1440 g/mol. The zero-order valence-corrected chi connectivity index (χ0v) is 66.1. The van der Waals surface area contributed by atoms with Gasteiger partial charge in [-0.15, -0.1) is 0 Å². The number of rotatable bonds is 16. The summed E-state index contributed by atoms with van der Waals surface area (Å²) in [6.45, 7) is 20.5. The number of hydrogen-bond acceptors (Lipinski definition) is 14. The van der Waals surface area contributed by atoms with Gasteiger partial charge < -0.3 is 42.6 Å². The van der Waals surface area contributed by atoms with Crippen LogP contribution in [0.15, 0.2) is 207 Å². The van der Waals surface area contributed by atoms with Crippen LogP contribution in [0.5, 0.6) is 51.7 Å². The summed E-state index contributed by atoms with van der Waals surface area (Å²) in [5.41, 5.74) is 29.4. The number of fused-ring (bicyclic) bond motifs is 3. The van der Waals surface area contributed by atoms with Crippen LogP contribution in [0.4, 0.5) is 28.4 Å². The van der Waals surface area contributed by atoms with E-state index in [0.717, 1.165) is 210 Å². The molecule has 107 heavy (non-hydrogen) atoms. The van der Waals surface area contributed by atoms with Gasteiger partial charge in [-0.2, -0.15) is 0 Å². The Kier molecular flexibility index (Phi) is 28.9. The quantitative estimate of drug-likeness (QED) is 0.0863. The number of methoxy groups -OCH3 is 9. The lowest BCUT2D eigenvalue weighted by Gasteiger charge is -2.19. The van der Waals surface area contributed by atoms with E-state index in [1.54, 1.807) is 64.0 Å². The predicted molar refractivity (Wildman–Crippen MR) is 442 cm³/mol. The van der Waals surface area contributed by atoms with Crippen molar-refractivity contribution >= 4 is 57.0 Å². The fourth-order valence-electron chi connectivity index (χ4n) is 14.0. The lowest BCUT2D eigenvalue weighted by atomic mass is 9.89. The van der Waals surface area contributed by atoms with Gasteiger partial charge in [0.05, 0.1) is 92.4 Å². The minimum atomic E-state index is 0.834. The van der Waals surface area contributed by atoms with E-state index in [0.29, 0.717) is 0 Å². The normalized spacial score (nSPS) is 14.0. The highest BCUT2D eigenvalue weighted by molar-refractivity contribution is 6.06. The predicted octanol–water partition coefficient (Wildman–Crippen LogP) is 22.6. The summed E-state index contributed by atoms with van der Waals surface area (Å²) in [7, 11) is 15.2. The molecule has 14 nitrogen and oxygen atoms in total. The maximum Gasteiger partial charge on any atom is 0.124 e. The van der Waals surface area contributed by atoms with E-state index in [1.165, 1.54) is 45.5 Å². The molecule has 3 aliphatic carbocycles. The molecule has 10 aromatic rings. The molecule has 0 fully saturated rings. The van der Waals surface area contributed by atoms with Crippen LogP contribution in [0.25, 0.3) is 0 Å². The number of hydrogen-bond donors (Lipinski definition) is 0. The van der Waals surface area contributed by atoms with E-state index in [9.17, 15) is 0 Å². The Bertz CT molecular complexity index is 4760. The summed E-state index contributed by atoms with van der Waals surface area (Å²) in [5.74, 6) is 8.12. The van der Waals surface area contributed by atoms with Gasteiger partial charge in [0.1, 0.15) is 51.7 Å². The van der Waals surface area contributed by atoms with Crippen LogP contribution in [0.2, 0.25) is 0 Å². The highest BCUT2D eigenvalue weighted by Crippen LogP contribution is 2.36. The Hall–Kier alpha value is -11.3. The van der Waals surface area contributed by atoms with Crippen LogP contribution in [-0.4, -0.2) is 92.5 Å². The van der Waals surface area contributed by atoms with Gasteiger partial charge in [-0.25, -0.2) is 0 Å². The Morgan fingerprint density at radius 3 is 0.935 bits per heavy atom. The van der Waals surface area contributed by atoms with Crippen LogP contribution in [0, 0.1) is 55.4 Å². The fourth-order valence-corrected chi connectivity index (χ4v) is 14.0. The molecular formula is C93H105N5O9. The third-order valence-electron chi connectivity index (χ3n) is 19.2. The molecule has 0 amide bonds. The van der Waals surface area contributed by atoms with Gasteiger partial charge in [0.2, 0.25) is 0 Å². The number of aliphatic imine (C=N–C) groups is 5. The third-order valence-corrected chi connectivity index (χ3v) is 19.2. The number of aryl methyl sites for hydroxylation is 11. The highest BCUT2D eigenvalue weighted by Gasteiger charge is 2.20. The second kappa shape index (κ2) is 38.7. The van der Waals surface area contributed by atoms with Gasteiger partial charge in [-0.3, -0.25) is 25.0 Å². The summed E-state index contributed by atoms with van der Waals surface area (Å²) < 4.78 is 47.8. The summed E-state index contributed by atoms with van der Waals surface area (Å²) in [6.07, 6.45) is 9.90. The van der Waals surface area contributed by atoms with Crippen LogP contribution >= 0.6 is 0 Å². The zero-order valence-electron chi connectivity index (χ0n) is 66.1. The minimum absolute atomic E-state index is 0.834. The molecule has 0 saturated heterocycles. The van der Waals surface area contributed by atoms with E-state index >= 15 is 0 Å². The maximum absolute atomic E-state index is 5.44. The second-order valence-corrected chi connectivity index (χ2v) is 26.9. The molecule has 0 unspecified atom stereocenters.